The highest BCUT2D eigenvalue weighted by Gasteiger charge is 2.14. The third-order valence-corrected chi connectivity index (χ3v) is 2.46. The van der Waals surface area contributed by atoms with Gasteiger partial charge in [0.05, 0.1) is 7.11 Å². The van der Waals surface area contributed by atoms with E-state index < -0.39 is 10.2 Å². The van der Waals surface area contributed by atoms with Gasteiger partial charge in [-0.1, -0.05) is 18.3 Å². The summed E-state index contributed by atoms with van der Waals surface area (Å²) in [6, 6.07) is 4.77. The van der Waals surface area contributed by atoms with Crippen LogP contribution in [0.3, 0.4) is 0 Å². The number of anilines is 1. The number of methoxy groups -OCH3 is 1. The molecule has 8 heteroatoms. The Morgan fingerprint density at radius 2 is 2.12 bits per heavy atom. The highest BCUT2D eigenvalue weighted by molar-refractivity contribution is 7.90. The molecule has 0 spiro atoms. The molecule has 6 nitrogen and oxygen atoms in total. The van der Waals surface area contributed by atoms with E-state index in [0.717, 1.165) is 0 Å². The lowest BCUT2D eigenvalue weighted by molar-refractivity contribution is 0.417. The first-order valence-electron chi connectivity index (χ1n) is 4.12. The Bertz CT molecular complexity index is 513. The third kappa shape index (κ3) is 3.05. The summed E-state index contributed by atoms with van der Waals surface area (Å²) in [5.74, 6) is 0.291. The lowest BCUT2D eigenvalue weighted by atomic mass is 10.1. The van der Waals surface area contributed by atoms with Crippen LogP contribution in [-0.2, 0) is 10.2 Å². The van der Waals surface area contributed by atoms with Crippen LogP contribution in [0.25, 0.3) is 0 Å². The number of nitrogens with one attached hydrogen (secondary N) is 1. The standard InChI is InChI=1S/C8H11N3O3S2/c1-14-6-4-2-3-5(8(9)15)7(6)11-16(10,12)13/h2-4,11H,1H3,(H2,9,15)(H2,10,12,13). The number of ether oxygens (including phenoxy) is 1. The minimum atomic E-state index is -3.91. The zero-order chi connectivity index (χ0) is 12.3. The van der Waals surface area contributed by atoms with Gasteiger partial charge in [-0.15, -0.1) is 0 Å². The second-order valence-electron chi connectivity index (χ2n) is 2.89. The number of rotatable bonds is 4. The number of hydrogen-bond acceptors (Lipinski definition) is 4. The predicted molar refractivity (Wildman–Crippen MR) is 65.6 cm³/mol. The van der Waals surface area contributed by atoms with Gasteiger partial charge in [-0.25, -0.2) is 5.14 Å². The molecule has 1 rings (SSSR count). The van der Waals surface area contributed by atoms with Crippen LogP contribution in [0.1, 0.15) is 5.56 Å². The van der Waals surface area contributed by atoms with Crippen LogP contribution in [-0.4, -0.2) is 20.5 Å². The highest BCUT2D eigenvalue weighted by Crippen LogP contribution is 2.28. The minimum Gasteiger partial charge on any atom is -0.495 e. The Labute approximate surface area is 98.8 Å². The smallest absolute Gasteiger partial charge is 0.296 e. The zero-order valence-corrected chi connectivity index (χ0v) is 10.1. The maximum atomic E-state index is 11.0. The van der Waals surface area contributed by atoms with Crippen LogP contribution in [0.2, 0.25) is 0 Å². The molecule has 16 heavy (non-hydrogen) atoms. The van der Waals surface area contributed by atoms with Crippen molar-refractivity contribution in [1.29, 1.82) is 0 Å². The average molecular weight is 261 g/mol. The molecule has 0 amide bonds. The largest absolute Gasteiger partial charge is 0.495 e. The van der Waals surface area contributed by atoms with Gasteiger partial charge in [-0.3, -0.25) is 4.72 Å². The second kappa shape index (κ2) is 4.64. The van der Waals surface area contributed by atoms with E-state index in [4.69, 9.17) is 27.8 Å². The molecule has 0 aliphatic carbocycles. The fraction of sp³-hybridized carbons (Fsp3) is 0.125. The molecule has 0 aliphatic heterocycles. The van der Waals surface area contributed by atoms with Crippen LogP contribution in [0.5, 0.6) is 5.75 Å². The van der Waals surface area contributed by atoms with Crippen molar-refractivity contribution in [3.63, 3.8) is 0 Å². The molecule has 5 N–H and O–H groups in total. The predicted octanol–water partition coefficient (Wildman–Crippen LogP) is -0.0552. The first-order valence-corrected chi connectivity index (χ1v) is 6.08. The summed E-state index contributed by atoms with van der Waals surface area (Å²) in [4.78, 5) is 0.0463. The molecule has 0 unspecified atom stereocenters. The molecular weight excluding hydrogens is 250 g/mol. The molecule has 0 saturated heterocycles. The quantitative estimate of drug-likeness (QED) is 0.658. The molecule has 0 bridgehead atoms. The van der Waals surface area contributed by atoms with Crippen molar-refractivity contribution in [2.45, 2.75) is 0 Å². The highest BCUT2D eigenvalue weighted by atomic mass is 32.2. The van der Waals surface area contributed by atoms with Crippen molar-refractivity contribution in [2.75, 3.05) is 11.8 Å². The fourth-order valence-electron chi connectivity index (χ4n) is 1.15. The average Bonchev–Trinajstić information content (AvgIpc) is 2.15. The molecule has 0 radical (unpaired) electrons. The number of benzene rings is 1. The summed E-state index contributed by atoms with van der Waals surface area (Å²) in [5.41, 5.74) is 5.95. The second-order valence-corrected chi connectivity index (χ2v) is 4.63. The van der Waals surface area contributed by atoms with Gasteiger partial charge in [-0.2, -0.15) is 8.42 Å². The normalized spacial score (nSPS) is 10.9. The SMILES string of the molecule is COc1cccc(C(N)=S)c1NS(N)(=O)=O. The van der Waals surface area contributed by atoms with Gasteiger partial charge in [0.2, 0.25) is 0 Å². The molecule has 0 fully saturated rings. The third-order valence-electron chi connectivity index (χ3n) is 1.76. The Balaban J connectivity index is 3.36. The summed E-state index contributed by atoms with van der Waals surface area (Å²) in [6.45, 7) is 0. The first-order chi connectivity index (χ1) is 7.35. The maximum Gasteiger partial charge on any atom is 0.296 e. The lowest BCUT2D eigenvalue weighted by Crippen LogP contribution is -2.24. The van der Waals surface area contributed by atoms with E-state index >= 15 is 0 Å². The molecule has 0 heterocycles. The van der Waals surface area contributed by atoms with Crippen molar-refractivity contribution in [3.8, 4) is 5.75 Å². The summed E-state index contributed by atoms with van der Waals surface area (Å²) in [6.07, 6.45) is 0. The Morgan fingerprint density at radius 3 is 2.56 bits per heavy atom. The van der Waals surface area contributed by atoms with Crippen LogP contribution < -0.4 is 20.3 Å². The zero-order valence-electron chi connectivity index (χ0n) is 8.43. The summed E-state index contributed by atoms with van der Waals surface area (Å²) >= 11 is 4.79. The van der Waals surface area contributed by atoms with E-state index in [1.54, 1.807) is 18.2 Å². The van der Waals surface area contributed by atoms with Crippen molar-refractivity contribution in [1.82, 2.24) is 0 Å². The number of thiocarbonyl (C=S) groups is 1. The maximum absolute atomic E-state index is 11.0. The summed E-state index contributed by atoms with van der Waals surface area (Å²) < 4.78 is 29.0. The molecule has 88 valence electrons. The number of para-hydroxylation sites is 1. The number of hydrogen-bond donors (Lipinski definition) is 3. The van der Waals surface area contributed by atoms with Crippen LogP contribution in [0, 0.1) is 0 Å². The lowest BCUT2D eigenvalue weighted by Gasteiger charge is -2.13. The van der Waals surface area contributed by atoms with Gasteiger partial charge in [-0.05, 0) is 12.1 Å². The van der Waals surface area contributed by atoms with E-state index in [1.807, 2.05) is 0 Å². The van der Waals surface area contributed by atoms with E-state index in [0.29, 0.717) is 11.3 Å². The summed E-state index contributed by atoms with van der Waals surface area (Å²) in [7, 11) is -2.52. The first kappa shape index (κ1) is 12.7. The van der Waals surface area contributed by atoms with Crippen molar-refractivity contribution in [2.24, 2.45) is 10.9 Å². The van der Waals surface area contributed by atoms with E-state index in [1.165, 1.54) is 7.11 Å². The molecule has 0 atom stereocenters. The molecular formula is C8H11N3O3S2. The van der Waals surface area contributed by atoms with Gasteiger partial charge < -0.3 is 10.5 Å². The summed E-state index contributed by atoms with van der Waals surface area (Å²) in [5, 5.41) is 4.88. The molecule has 0 aliphatic rings. The van der Waals surface area contributed by atoms with Gasteiger partial charge in [0.25, 0.3) is 10.2 Å². The molecule has 1 aromatic rings. The molecule has 1 aromatic carbocycles. The van der Waals surface area contributed by atoms with Crippen molar-refractivity contribution in [3.05, 3.63) is 23.8 Å². The Morgan fingerprint density at radius 1 is 1.50 bits per heavy atom. The van der Waals surface area contributed by atoms with Gasteiger partial charge in [0, 0.05) is 5.56 Å². The van der Waals surface area contributed by atoms with Gasteiger partial charge >= 0.3 is 0 Å². The Kier molecular flexibility index (Phi) is 3.68. The monoisotopic (exact) mass is 261 g/mol. The number of nitrogens with two attached hydrogens (primary N) is 2. The van der Waals surface area contributed by atoms with Gasteiger partial charge in [0.1, 0.15) is 16.4 Å². The molecule has 0 aromatic heterocycles. The van der Waals surface area contributed by atoms with E-state index in [9.17, 15) is 8.42 Å². The van der Waals surface area contributed by atoms with Crippen LogP contribution >= 0.6 is 12.2 Å². The fourth-order valence-corrected chi connectivity index (χ4v) is 1.82. The van der Waals surface area contributed by atoms with Crippen molar-refractivity contribution < 1.29 is 13.2 Å². The minimum absolute atomic E-state index is 0.0463. The van der Waals surface area contributed by atoms with E-state index in [-0.39, 0.29) is 10.7 Å². The van der Waals surface area contributed by atoms with E-state index in [2.05, 4.69) is 4.72 Å². The topological polar surface area (TPSA) is 107 Å². The molecule has 0 saturated carbocycles. The van der Waals surface area contributed by atoms with Crippen molar-refractivity contribution >= 4 is 33.1 Å². The Hall–Kier alpha value is -1.38. The van der Waals surface area contributed by atoms with Gasteiger partial charge in [0.15, 0.2) is 0 Å². The van der Waals surface area contributed by atoms with Crippen LogP contribution in [0.15, 0.2) is 18.2 Å². The van der Waals surface area contributed by atoms with Crippen LogP contribution in [0.4, 0.5) is 5.69 Å².